The van der Waals surface area contributed by atoms with Crippen molar-refractivity contribution >= 4 is 17.3 Å². The molecule has 0 aliphatic carbocycles. The molecule has 0 N–H and O–H groups in total. The average Bonchev–Trinajstić information content (AvgIpc) is 2.76. The Kier molecular flexibility index (Phi) is 3.52. The molecule has 0 saturated heterocycles. The summed E-state index contributed by atoms with van der Waals surface area (Å²) < 4.78 is 14.6. The number of alkyl halides is 1. The second-order valence-electron chi connectivity index (χ2n) is 3.62. The summed E-state index contributed by atoms with van der Waals surface area (Å²) in [7, 11) is 0. The Morgan fingerprint density at radius 2 is 2.22 bits per heavy atom. The van der Waals surface area contributed by atoms with E-state index in [-0.39, 0.29) is 18.1 Å². The third kappa shape index (κ3) is 2.80. The lowest BCUT2D eigenvalue weighted by Crippen LogP contribution is -2.02. The zero-order chi connectivity index (χ0) is 13.1. The van der Waals surface area contributed by atoms with Gasteiger partial charge in [-0.2, -0.15) is 0 Å². The predicted molar refractivity (Wildman–Crippen MR) is 61.7 cm³/mol. The lowest BCUT2D eigenvalue weighted by Gasteiger charge is -2.01. The highest BCUT2D eigenvalue weighted by molar-refractivity contribution is 6.16. The molecule has 0 aliphatic rings. The summed E-state index contributed by atoms with van der Waals surface area (Å²) in [5.74, 6) is -0.430. The molecular formula is C10H8ClFN4O2. The van der Waals surface area contributed by atoms with Crippen molar-refractivity contribution in [1.29, 1.82) is 0 Å². The Bertz CT molecular complexity index is 587. The minimum atomic E-state index is -0.656. The number of aromatic nitrogens is 3. The number of nitro benzene ring substituents is 1. The molecule has 0 atom stereocenters. The first kappa shape index (κ1) is 12.4. The van der Waals surface area contributed by atoms with Gasteiger partial charge in [0.2, 0.25) is 0 Å². The molecule has 0 radical (unpaired) electrons. The molecule has 0 amide bonds. The normalized spacial score (nSPS) is 10.6. The quantitative estimate of drug-likeness (QED) is 0.484. The van der Waals surface area contributed by atoms with E-state index < -0.39 is 10.7 Å². The van der Waals surface area contributed by atoms with Crippen molar-refractivity contribution in [3.63, 3.8) is 0 Å². The molecule has 0 spiro atoms. The lowest BCUT2D eigenvalue weighted by molar-refractivity contribution is -0.385. The van der Waals surface area contributed by atoms with Gasteiger partial charge >= 0.3 is 0 Å². The van der Waals surface area contributed by atoms with Crippen LogP contribution in [0.25, 0.3) is 0 Å². The topological polar surface area (TPSA) is 73.8 Å². The molecule has 1 aromatic carbocycles. The number of rotatable bonds is 4. The number of nitro groups is 1. The fourth-order valence-electron chi connectivity index (χ4n) is 1.49. The number of hydrogen-bond donors (Lipinski definition) is 0. The van der Waals surface area contributed by atoms with Crippen LogP contribution in [0, 0.1) is 15.9 Å². The van der Waals surface area contributed by atoms with Crippen molar-refractivity contribution in [1.82, 2.24) is 15.0 Å². The molecule has 94 valence electrons. The van der Waals surface area contributed by atoms with Gasteiger partial charge in [-0.3, -0.25) is 10.1 Å². The molecule has 18 heavy (non-hydrogen) atoms. The Morgan fingerprint density at radius 3 is 2.83 bits per heavy atom. The molecule has 6 nitrogen and oxygen atoms in total. The van der Waals surface area contributed by atoms with Crippen molar-refractivity contribution in [3.8, 4) is 0 Å². The van der Waals surface area contributed by atoms with Gasteiger partial charge < -0.3 is 0 Å². The Balaban J connectivity index is 2.25. The van der Waals surface area contributed by atoms with Gasteiger partial charge in [0.25, 0.3) is 5.69 Å². The second kappa shape index (κ2) is 5.09. The standard InChI is InChI=1S/C10H8ClFN4O2/c11-4-9-6-15(14-13-9)5-7-1-8(12)3-10(2-7)16(17)18/h1-3,6H,4-5H2. The monoisotopic (exact) mass is 270 g/mol. The van der Waals surface area contributed by atoms with Gasteiger partial charge in [0.05, 0.1) is 35.3 Å². The van der Waals surface area contributed by atoms with Crippen LogP contribution < -0.4 is 0 Å². The first-order valence-electron chi connectivity index (χ1n) is 4.97. The van der Waals surface area contributed by atoms with Gasteiger partial charge in [0.15, 0.2) is 0 Å². The minimum Gasteiger partial charge on any atom is -0.258 e. The van der Waals surface area contributed by atoms with E-state index in [2.05, 4.69) is 10.3 Å². The molecule has 0 unspecified atom stereocenters. The van der Waals surface area contributed by atoms with Gasteiger partial charge in [0, 0.05) is 6.07 Å². The first-order chi connectivity index (χ1) is 8.58. The van der Waals surface area contributed by atoms with Crippen LogP contribution in [0.3, 0.4) is 0 Å². The maximum atomic E-state index is 13.2. The lowest BCUT2D eigenvalue weighted by atomic mass is 10.2. The van der Waals surface area contributed by atoms with E-state index in [0.29, 0.717) is 11.3 Å². The van der Waals surface area contributed by atoms with E-state index in [1.807, 2.05) is 0 Å². The van der Waals surface area contributed by atoms with Crippen molar-refractivity contribution in [2.24, 2.45) is 0 Å². The van der Waals surface area contributed by atoms with Crippen LogP contribution in [-0.2, 0) is 12.4 Å². The van der Waals surface area contributed by atoms with Crippen molar-refractivity contribution in [2.75, 3.05) is 0 Å². The molecule has 2 aromatic rings. The number of benzene rings is 1. The van der Waals surface area contributed by atoms with Crippen LogP contribution in [0.2, 0.25) is 0 Å². The maximum Gasteiger partial charge on any atom is 0.272 e. The van der Waals surface area contributed by atoms with Crippen molar-refractivity contribution in [2.45, 2.75) is 12.4 Å². The average molecular weight is 271 g/mol. The van der Waals surface area contributed by atoms with Crippen LogP contribution in [0.5, 0.6) is 0 Å². The smallest absolute Gasteiger partial charge is 0.258 e. The number of halogens is 2. The van der Waals surface area contributed by atoms with E-state index in [1.165, 1.54) is 16.8 Å². The van der Waals surface area contributed by atoms with Crippen LogP contribution >= 0.6 is 11.6 Å². The summed E-state index contributed by atoms with van der Waals surface area (Å²) in [6.07, 6.45) is 1.60. The van der Waals surface area contributed by atoms with E-state index in [4.69, 9.17) is 11.6 Å². The van der Waals surface area contributed by atoms with E-state index in [9.17, 15) is 14.5 Å². The summed E-state index contributed by atoms with van der Waals surface area (Å²) in [5.41, 5.74) is 0.734. The SMILES string of the molecule is O=[N+]([O-])c1cc(F)cc(Cn2cc(CCl)nn2)c1. The number of non-ortho nitro benzene ring substituents is 1. The largest absolute Gasteiger partial charge is 0.272 e. The Hall–Kier alpha value is -2.02. The fraction of sp³-hybridized carbons (Fsp3) is 0.200. The first-order valence-corrected chi connectivity index (χ1v) is 5.51. The van der Waals surface area contributed by atoms with Crippen molar-refractivity contribution < 1.29 is 9.31 Å². The second-order valence-corrected chi connectivity index (χ2v) is 3.88. The molecule has 1 heterocycles. The number of nitrogens with zero attached hydrogens (tertiary/aromatic N) is 4. The zero-order valence-electron chi connectivity index (χ0n) is 9.08. The highest BCUT2D eigenvalue weighted by Crippen LogP contribution is 2.17. The third-order valence-corrected chi connectivity index (χ3v) is 2.49. The van der Waals surface area contributed by atoms with Crippen LogP contribution in [-0.4, -0.2) is 19.9 Å². The van der Waals surface area contributed by atoms with Gasteiger partial charge in [0.1, 0.15) is 5.82 Å². The van der Waals surface area contributed by atoms with Gasteiger partial charge in [-0.25, -0.2) is 9.07 Å². The summed E-state index contributed by atoms with van der Waals surface area (Å²) in [5, 5.41) is 18.1. The zero-order valence-corrected chi connectivity index (χ0v) is 9.84. The van der Waals surface area contributed by atoms with Gasteiger partial charge in [-0.15, -0.1) is 16.7 Å². The molecule has 0 saturated carbocycles. The van der Waals surface area contributed by atoms with Crippen LogP contribution in [0.4, 0.5) is 10.1 Å². The molecule has 0 fully saturated rings. The fourth-order valence-corrected chi connectivity index (χ4v) is 1.62. The molecular weight excluding hydrogens is 263 g/mol. The molecule has 1 aromatic heterocycles. The summed E-state index contributed by atoms with van der Waals surface area (Å²) in [6.45, 7) is 0.197. The van der Waals surface area contributed by atoms with Crippen LogP contribution in [0.15, 0.2) is 24.4 Å². The Labute approximate surface area is 106 Å². The summed E-state index contributed by atoms with van der Waals surface area (Å²) >= 11 is 5.57. The third-order valence-electron chi connectivity index (χ3n) is 2.22. The van der Waals surface area contributed by atoms with E-state index in [0.717, 1.165) is 6.07 Å². The van der Waals surface area contributed by atoms with E-state index in [1.54, 1.807) is 6.20 Å². The minimum absolute atomic E-state index is 0.197. The van der Waals surface area contributed by atoms with E-state index >= 15 is 0 Å². The molecule has 8 heteroatoms. The summed E-state index contributed by atoms with van der Waals surface area (Å²) in [6, 6.07) is 3.38. The van der Waals surface area contributed by atoms with Crippen LogP contribution in [0.1, 0.15) is 11.3 Å². The molecule has 2 rings (SSSR count). The van der Waals surface area contributed by atoms with Gasteiger partial charge in [-0.1, -0.05) is 5.21 Å². The van der Waals surface area contributed by atoms with Crippen molar-refractivity contribution in [3.05, 3.63) is 51.6 Å². The number of hydrogen-bond acceptors (Lipinski definition) is 4. The maximum absolute atomic E-state index is 13.2. The summed E-state index contributed by atoms with van der Waals surface area (Å²) in [4.78, 5) is 9.95. The molecule has 0 bridgehead atoms. The Morgan fingerprint density at radius 1 is 1.44 bits per heavy atom. The predicted octanol–water partition coefficient (Wildman–Crippen LogP) is 2.11. The highest BCUT2D eigenvalue weighted by Gasteiger charge is 2.10. The molecule has 0 aliphatic heterocycles. The highest BCUT2D eigenvalue weighted by atomic mass is 35.5. The van der Waals surface area contributed by atoms with Gasteiger partial charge in [-0.05, 0) is 11.6 Å².